The Balaban J connectivity index is 3.55. The highest BCUT2D eigenvalue weighted by molar-refractivity contribution is 7.85. The van der Waals surface area contributed by atoms with E-state index in [0.717, 1.165) is 6.26 Å². The summed E-state index contributed by atoms with van der Waals surface area (Å²) >= 11 is 0. The van der Waals surface area contributed by atoms with Crippen LogP contribution >= 0.6 is 0 Å². The Kier molecular flexibility index (Phi) is 8.22. The van der Waals surface area contributed by atoms with Gasteiger partial charge in [0.05, 0.1) is 12.9 Å². The van der Waals surface area contributed by atoms with E-state index in [0.29, 0.717) is 6.54 Å². The van der Waals surface area contributed by atoms with E-state index >= 15 is 0 Å². The molecule has 0 saturated carbocycles. The van der Waals surface area contributed by atoms with E-state index in [4.69, 9.17) is 9.47 Å². The average Bonchev–Trinajstić information content (AvgIpc) is 2.22. The molecular weight excluding hydrogens is 286 g/mol. The number of hydrogen-bond donors (Lipinski definition) is 1. The van der Waals surface area contributed by atoms with E-state index in [-0.39, 0.29) is 19.8 Å². The minimum Gasteiger partial charge on any atom is -0.444 e. The molecule has 1 N–H and O–H groups in total. The largest absolute Gasteiger partial charge is 0.444 e. The lowest BCUT2D eigenvalue weighted by Crippen LogP contribution is -2.34. The van der Waals surface area contributed by atoms with Gasteiger partial charge in [-0.3, -0.25) is 4.18 Å². The molecule has 0 atom stereocenters. The van der Waals surface area contributed by atoms with Crippen molar-refractivity contribution < 1.29 is 26.9 Å². The molecule has 7 nitrogen and oxygen atoms in total. The van der Waals surface area contributed by atoms with Crippen molar-refractivity contribution >= 4 is 16.2 Å². The molecule has 0 aliphatic carbocycles. The summed E-state index contributed by atoms with van der Waals surface area (Å²) in [6, 6.07) is 0. The third-order valence-electron chi connectivity index (χ3n) is 1.56. The van der Waals surface area contributed by atoms with E-state index in [1.54, 1.807) is 20.8 Å². The first-order chi connectivity index (χ1) is 9.10. The van der Waals surface area contributed by atoms with Crippen molar-refractivity contribution in [3.8, 4) is 11.8 Å². The molecule has 0 bridgehead atoms. The Bertz CT molecular complexity index is 455. The lowest BCUT2D eigenvalue weighted by Gasteiger charge is -2.19. The Hall–Kier alpha value is -1.30. The molecule has 0 fully saturated rings. The van der Waals surface area contributed by atoms with E-state index < -0.39 is 21.8 Å². The molecule has 0 spiro atoms. The predicted molar refractivity (Wildman–Crippen MR) is 73.6 cm³/mol. The minimum atomic E-state index is -3.45. The van der Waals surface area contributed by atoms with Crippen LogP contribution in [0.25, 0.3) is 0 Å². The van der Waals surface area contributed by atoms with Gasteiger partial charge in [-0.1, -0.05) is 11.8 Å². The number of alkyl carbamates (subject to hydrolysis) is 1. The fourth-order valence-corrected chi connectivity index (χ4v) is 1.17. The quantitative estimate of drug-likeness (QED) is 0.437. The number of nitrogens with one attached hydrogen (secondary N) is 1. The van der Waals surface area contributed by atoms with Gasteiger partial charge in [-0.2, -0.15) is 8.42 Å². The monoisotopic (exact) mass is 307 g/mol. The molecule has 8 heteroatoms. The average molecular weight is 307 g/mol. The molecule has 0 rings (SSSR count). The molecule has 0 aliphatic rings. The van der Waals surface area contributed by atoms with Crippen LogP contribution in [0.15, 0.2) is 0 Å². The zero-order valence-corrected chi connectivity index (χ0v) is 13.0. The van der Waals surface area contributed by atoms with Gasteiger partial charge in [-0.05, 0) is 20.8 Å². The van der Waals surface area contributed by atoms with Crippen molar-refractivity contribution in [2.75, 3.05) is 32.6 Å². The zero-order valence-electron chi connectivity index (χ0n) is 12.2. The zero-order chi connectivity index (χ0) is 15.6. The molecule has 0 saturated heterocycles. The number of hydrogen-bond acceptors (Lipinski definition) is 6. The van der Waals surface area contributed by atoms with Gasteiger partial charge in [0.15, 0.2) is 0 Å². The summed E-state index contributed by atoms with van der Waals surface area (Å²) in [6.45, 7) is 5.84. The van der Waals surface area contributed by atoms with Gasteiger partial charge in [0.2, 0.25) is 0 Å². The molecule has 0 radical (unpaired) electrons. The second kappa shape index (κ2) is 8.79. The van der Waals surface area contributed by atoms with Gasteiger partial charge in [-0.15, -0.1) is 0 Å². The molecule has 0 aromatic heterocycles. The molecule has 0 aliphatic heterocycles. The molecule has 20 heavy (non-hydrogen) atoms. The van der Waals surface area contributed by atoms with Crippen molar-refractivity contribution in [1.82, 2.24) is 5.32 Å². The van der Waals surface area contributed by atoms with Gasteiger partial charge in [0.25, 0.3) is 10.1 Å². The standard InChI is InChI=1S/C12H21NO6S/c1-12(2,3)19-11(14)13-7-10-17-8-5-6-9-18-20(4,15)16/h7-10H2,1-4H3,(H,13,14). The van der Waals surface area contributed by atoms with Crippen LogP contribution in [-0.4, -0.2) is 52.7 Å². The second-order valence-electron chi connectivity index (χ2n) is 4.80. The van der Waals surface area contributed by atoms with Crippen LogP contribution < -0.4 is 5.32 Å². The first-order valence-electron chi connectivity index (χ1n) is 5.95. The molecule has 1 amide bonds. The predicted octanol–water partition coefficient (Wildman–Crippen LogP) is 0.507. The highest BCUT2D eigenvalue weighted by atomic mass is 32.2. The molecule has 116 valence electrons. The number of carbonyl (C=O) groups is 1. The fourth-order valence-electron chi connectivity index (χ4n) is 0.901. The van der Waals surface area contributed by atoms with E-state index in [1.165, 1.54) is 0 Å². The maximum Gasteiger partial charge on any atom is 0.407 e. The summed E-state index contributed by atoms with van der Waals surface area (Å²) in [6.07, 6.45) is 0.446. The maximum atomic E-state index is 11.2. The normalized spacial score (nSPS) is 11.4. The van der Waals surface area contributed by atoms with Crippen molar-refractivity contribution in [3.63, 3.8) is 0 Å². The SMILES string of the molecule is CC(C)(C)OC(=O)NCCOCC#CCOS(C)(=O)=O. The lowest BCUT2D eigenvalue weighted by molar-refractivity contribution is 0.0507. The van der Waals surface area contributed by atoms with Crippen molar-refractivity contribution in [2.24, 2.45) is 0 Å². The first-order valence-corrected chi connectivity index (χ1v) is 7.76. The van der Waals surface area contributed by atoms with Crippen LogP contribution in [0.1, 0.15) is 20.8 Å². The van der Waals surface area contributed by atoms with E-state index in [9.17, 15) is 13.2 Å². The van der Waals surface area contributed by atoms with Crippen molar-refractivity contribution in [3.05, 3.63) is 0 Å². The number of ether oxygens (including phenoxy) is 2. The highest BCUT2D eigenvalue weighted by Gasteiger charge is 2.15. The van der Waals surface area contributed by atoms with Crippen molar-refractivity contribution in [1.29, 1.82) is 0 Å². The smallest absolute Gasteiger partial charge is 0.407 e. The molecule has 0 aromatic carbocycles. The van der Waals surface area contributed by atoms with Gasteiger partial charge in [0.1, 0.15) is 18.8 Å². The van der Waals surface area contributed by atoms with Gasteiger partial charge >= 0.3 is 6.09 Å². The lowest BCUT2D eigenvalue weighted by atomic mass is 10.2. The highest BCUT2D eigenvalue weighted by Crippen LogP contribution is 2.05. The minimum absolute atomic E-state index is 0.128. The Morgan fingerprint density at radius 2 is 1.80 bits per heavy atom. The fraction of sp³-hybridized carbons (Fsp3) is 0.750. The summed E-state index contributed by atoms with van der Waals surface area (Å²) in [5.74, 6) is 5.06. The topological polar surface area (TPSA) is 90.9 Å². The number of amides is 1. The van der Waals surface area contributed by atoms with Gasteiger partial charge in [-0.25, -0.2) is 4.79 Å². The number of rotatable bonds is 6. The van der Waals surface area contributed by atoms with Crippen LogP contribution in [0, 0.1) is 11.8 Å². The molecular formula is C12H21NO6S. The Morgan fingerprint density at radius 1 is 1.20 bits per heavy atom. The van der Waals surface area contributed by atoms with Gasteiger partial charge in [0, 0.05) is 6.54 Å². The van der Waals surface area contributed by atoms with Crippen LogP contribution in [0.5, 0.6) is 0 Å². The molecule has 0 heterocycles. The van der Waals surface area contributed by atoms with Crippen LogP contribution in [0.2, 0.25) is 0 Å². The summed E-state index contributed by atoms with van der Waals surface area (Å²) in [7, 11) is -3.45. The van der Waals surface area contributed by atoms with Crippen LogP contribution in [-0.2, 0) is 23.8 Å². The first kappa shape index (κ1) is 18.7. The maximum absolute atomic E-state index is 11.2. The molecule has 0 aromatic rings. The molecule has 0 unspecified atom stereocenters. The third-order valence-corrected chi connectivity index (χ3v) is 2.11. The third kappa shape index (κ3) is 14.8. The second-order valence-corrected chi connectivity index (χ2v) is 6.45. The summed E-state index contributed by atoms with van der Waals surface area (Å²) < 4.78 is 35.7. The van der Waals surface area contributed by atoms with Crippen LogP contribution in [0.3, 0.4) is 0 Å². The summed E-state index contributed by atoms with van der Waals surface area (Å²) in [5, 5.41) is 2.52. The summed E-state index contributed by atoms with van der Waals surface area (Å²) in [4.78, 5) is 11.2. The van der Waals surface area contributed by atoms with E-state index in [1.807, 2.05) is 0 Å². The van der Waals surface area contributed by atoms with Gasteiger partial charge < -0.3 is 14.8 Å². The van der Waals surface area contributed by atoms with E-state index in [2.05, 4.69) is 21.3 Å². The summed E-state index contributed by atoms with van der Waals surface area (Å²) in [5.41, 5.74) is -0.532. The Morgan fingerprint density at radius 3 is 2.35 bits per heavy atom. The van der Waals surface area contributed by atoms with Crippen molar-refractivity contribution in [2.45, 2.75) is 26.4 Å². The Labute approximate surface area is 120 Å². The van der Waals surface area contributed by atoms with Crippen LogP contribution in [0.4, 0.5) is 4.79 Å². The number of carbonyl (C=O) groups excluding carboxylic acids is 1.